The van der Waals surface area contributed by atoms with Gasteiger partial charge in [-0.05, 0) is 31.2 Å². The van der Waals surface area contributed by atoms with E-state index < -0.39 is 11.9 Å². The zero-order valence-corrected chi connectivity index (χ0v) is 17.3. The van der Waals surface area contributed by atoms with Crippen LogP contribution in [0.3, 0.4) is 0 Å². The Labute approximate surface area is 183 Å². The number of pyridine rings is 2. The molecule has 9 nitrogen and oxygen atoms in total. The van der Waals surface area contributed by atoms with Gasteiger partial charge in [0.1, 0.15) is 17.4 Å². The number of benzene rings is 1. The third-order valence-corrected chi connectivity index (χ3v) is 4.30. The summed E-state index contributed by atoms with van der Waals surface area (Å²) >= 11 is 6.19. The number of esters is 1. The van der Waals surface area contributed by atoms with Crippen LogP contribution in [0.4, 0.5) is 23.0 Å². The van der Waals surface area contributed by atoms with E-state index in [9.17, 15) is 9.59 Å². The number of halogens is 1. The fourth-order valence-corrected chi connectivity index (χ4v) is 2.73. The highest BCUT2D eigenvalue weighted by atomic mass is 35.5. The normalized spacial score (nSPS) is 10.3. The van der Waals surface area contributed by atoms with Crippen LogP contribution >= 0.6 is 11.6 Å². The molecule has 0 aliphatic heterocycles. The minimum Gasteiger partial charge on any atom is -0.480 e. The molecule has 0 bridgehead atoms. The number of nitrogens with two attached hydrogens (primary N) is 1. The predicted octanol–water partition coefficient (Wildman–Crippen LogP) is 3.66. The lowest BCUT2D eigenvalue weighted by Gasteiger charge is -2.13. The van der Waals surface area contributed by atoms with Gasteiger partial charge >= 0.3 is 5.97 Å². The number of hydrogen-bond donors (Lipinski definition) is 3. The van der Waals surface area contributed by atoms with Gasteiger partial charge in [0.05, 0.1) is 34.8 Å². The highest BCUT2D eigenvalue weighted by Crippen LogP contribution is 2.28. The summed E-state index contributed by atoms with van der Waals surface area (Å²) in [5, 5.41) is 6.62. The average molecular weight is 442 g/mol. The third-order valence-electron chi connectivity index (χ3n) is 3.97. The Hall–Kier alpha value is -3.85. The molecule has 10 heteroatoms. The van der Waals surface area contributed by atoms with Crippen LogP contribution in [0.15, 0.2) is 54.9 Å². The van der Waals surface area contributed by atoms with Crippen LogP contribution in [0.5, 0.6) is 5.75 Å². The fourth-order valence-electron chi connectivity index (χ4n) is 2.55. The molecule has 0 aliphatic rings. The van der Waals surface area contributed by atoms with E-state index in [1.54, 1.807) is 43.3 Å². The molecule has 2 heterocycles. The van der Waals surface area contributed by atoms with Crippen molar-refractivity contribution >= 4 is 46.5 Å². The molecule has 3 aromatic rings. The number of carbonyl (C=O) groups is 2. The van der Waals surface area contributed by atoms with Crippen LogP contribution in [0.1, 0.15) is 17.3 Å². The highest BCUT2D eigenvalue weighted by molar-refractivity contribution is 6.33. The summed E-state index contributed by atoms with van der Waals surface area (Å²) in [6.07, 6.45) is 2.82. The lowest BCUT2D eigenvalue weighted by atomic mass is 10.2. The molecular weight excluding hydrogens is 422 g/mol. The molecule has 4 N–H and O–H groups in total. The van der Waals surface area contributed by atoms with Crippen molar-refractivity contribution in [3.63, 3.8) is 0 Å². The van der Waals surface area contributed by atoms with E-state index in [1.165, 1.54) is 12.4 Å². The van der Waals surface area contributed by atoms with Crippen molar-refractivity contribution in [2.24, 2.45) is 5.73 Å². The maximum atomic E-state index is 11.8. The minimum atomic E-state index is -0.630. The zero-order valence-electron chi connectivity index (χ0n) is 16.6. The monoisotopic (exact) mass is 441 g/mol. The van der Waals surface area contributed by atoms with E-state index in [-0.39, 0.29) is 18.8 Å². The molecule has 1 amide bonds. The molecule has 0 fully saturated rings. The summed E-state index contributed by atoms with van der Waals surface area (Å²) in [6, 6.07) is 12.0. The molecule has 1 aromatic carbocycles. The van der Waals surface area contributed by atoms with Gasteiger partial charge in [0.2, 0.25) is 0 Å². The molecule has 0 saturated heterocycles. The number of ether oxygens (including phenoxy) is 2. The van der Waals surface area contributed by atoms with Crippen LogP contribution < -0.4 is 21.1 Å². The lowest BCUT2D eigenvalue weighted by Crippen LogP contribution is -2.14. The first-order valence-electron chi connectivity index (χ1n) is 9.29. The molecule has 0 spiro atoms. The van der Waals surface area contributed by atoms with Gasteiger partial charge in [-0.1, -0.05) is 23.7 Å². The zero-order chi connectivity index (χ0) is 22.2. The van der Waals surface area contributed by atoms with Crippen molar-refractivity contribution in [1.29, 1.82) is 0 Å². The summed E-state index contributed by atoms with van der Waals surface area (Å²) in [4.78, 5) is 31.6. The second kappa shape index (κ2) is 10.3. The summed E-state index contributed by atoms with van der Waals surface area (Å²) in [5.74, 6) is 0.229. The van der Waals surface area contributed by atoms with Crippen LogP contribution in [0, 0.1) is 0 Å². The van der Waals surface area contributed by atoms with Gasteiger partial charge in [-0.15, -0.1) is 0 Å². The van der Waals surface area contributed by atoms with E-state index >= 15 is 0 Å². The average Bonchev–Trinajstić information content (AvgIpc) is 2.75. The molecule has 160 valence electrons. The molecule has 31 heavy (non-hydrogen) atoms. The Morgan fingerprint density at radius 3 is 2.48 bits per heavy atom. The first-order valence-corrected chi connectivity index (χ1v) is 9.67. The molecule has 0 aliphatic carbocycles. The second-order valence-electron chi connectivity index (χ2n) is 6.18. The topological polar surface area (TPSA) is 128 Å². The summed E-state index contributed by atoms with van der Waals surface area (Å²) in [5.41, 5.74) is 6.73. The van der Waals surface area contributed by atoms with E-state index in [4.69, 9.17) is 26.8 Å². The number of nitrogens with zero attached hydrogens (tertiary/aromatic N) is 2. The summed E-state index contributed by atoms with van der Waals surface area (Å²) < 4.78 is 10.1. The van der Waals surface area contributed by atoms with E-state index in [0.29, 0.717) is 33.8 Å². The fraction of sp³-hybridized carbons (Fsp3) is 0.143. The number of para-hydroxylation sites is 1. The van der Waals surface area contributed by atoms with Crippen molar-refractivity contribution in [2.45, 2.75) is 6.92 Å². The van der Waals surface area contributed by atoms with Gasteiger partial charge in [-0.2, -0.15) is 0 Å². The Balaban J connectivity index is 1.73. The van der Waals surface area contributed by atoms with Crippen molar-refractivity contribution in [3.05, 3.63) is 65.4 Å². The Morgan fingerprint density at radius 1 is 1.03 bits per heavy atom. The lowest BCUT2D eigenvalue weighted by molar-refractivity contribution is -0.145. The van der Waals surface area contributed by atoms with Crippen molar-refractivity contribution in [3.8, 4) is 5.75 Å². The maximum Gasteiger partial charge on any atom is 0.344 e. The first kappa shape index (κ1) is 21.8. The molecule has 0 unspecified atom stereocenters. The van der Waals surface area contributed by atoms with Gasteiger partial charge in [-0.3, -0.25) is 4.79 Å². The SMILES string of the molecule is CCOC(=O)COc1ccc(Nc2cc(Nc3ccccc3Cl)c(C(N)=O)cn2)nc1. The van der Waals surface area contributed by atoms with Gasteiger partial charge in [-0.25, -0.2) is 14.8 Å². The smallest absolute Gasteiger partial charge is 0.344 e. The van der Waals surface area contributed by atoms with E-state index in [1.807, 2.05) is 6.07 Å². The molecular formula is C21H20ClN5O4. The van der Waals surface area contributed by atoms with E-state index in [2.05, 4.69) is 20.6 Å². The molecule has 3 rings (SSSR count). The second-order valence-corrected chi connectivity index (χ2v) is 6.59. The number of nitrogens with one attached hydrogen (secondary N) is 2. The quantitative estimate of drug-likeness (QED) is 0.429. The van der Waals surface area contributed by atoms with Crippen LogP contribution in [-0.4, -0.2) is 35.1 Å². The standard InChI is InChI=1S/C21H20ClN5O4/c1-2-30-20(28)12-31-13-7-8-18(24-10-13)27-19-9-17(14(11-25-19)21(23)29)26-16-6-4-3-5-15(16)22/h3-11H,2,12H2,1H3,(H2,23,29)(H2,24,25,26,27). The number of aromatic nitrogens is 2. The van der Waals surface area contributed by atoms with Crippen molar-refractivity contribution in [1.82, 2.24) is 9.97 Å². The number of anilines is 4. The first-order chi connectivity index (χ1) is 15.0. The van der Waals surface area contributed by atoms with Gasteiger partial charge in [0.15, 0.2) is 6.61 Å². The van der Waals surface area contributed by atoms with E-state index in [0.717, 1.165) is 0 Å². The number of carbonyl (C=O) groups excluding carboxylic acids is 2. The molecule has 0 radical (unpaired) electrons. The number of hydrogen-bond acceptors (Lipinski definition) is 8. The predicted molar refractivity (Wildman–Crippen MR) is 117 cm³/mol. The van der Waals surface area contributed by atoms with Crippen LogP contribution in [-0.2, 0) is 9.53 Å². The van der Waals surface area contributed by atoms with Crippen LogP contribution in [0.25, 0.3) is 0 Å². The largest absolute Gasteiger partial charge is 0.480 e. The summed E-state index contributed by atoms with van der Waals surface area (Å²) in [6.45, 7) is 1.81. The maximum absolute atomic E-state index is 11.8. The number of rotatable bonds is 9. The molecule has 2 aromatic heterocycles. The van der Waals surface area contributed by atoms with Crippen LogP contribution in [0.2, 0.25) is 5.02 Å². The minimum absolute atomic E-state index is 0.199. The summed E-state index contributed by atoms with van der Waals surface area (Å²) in [7, 11) is 0. The highest BCUT2D eigenvalue weighted by Gasteiger charge is 2.12. The Morgan fingerprint density at radius 2 is 1.81 bits per heavy atom. The number of primary amides is 1. The van der Waals surface area contributed by atoms with Crippen molar-refractivity contribution < 1.29 is 19.1 Å². The molecule has 0 saturated carbocycles. The van der Waals surface area contributed by atoms with Gasteiger partial charge < -0.3 is 25.8 Å². The van der Waals surface area contributed by atoms with Gasteiger partial charge in [0, 0.05) is 12.3 Å². The molecule has 0 atom stereocenters. The van der Waals surface area contributed by atoms with Gasteiger partial charge in [0.25, 0.3) is 5.91 Å². The Kier molecular flexibility index (Phi) is 7.23. The van der Waals surface area contributed by atoms with Crippen molar-refractivity contribution in [2.75, 3.05) is 23.8 Å². The third kappa shape index (κ3) is 6.06. The Bertz CT molecular complexity index is 1080. The number of amides is 1.